The molecule has 0 fully saturated rings. The summed E-state index contributed by atoms with van der Waals surface area (Å²) in [4.78, 5) is 30.0. The molecule has 6 aromatic rings. The Bertz CT molecular complexity index is 1920. The minimum atomic E-state index is -0.670. The highest BCUT2D eigenvalue weighted by atomic mass is 19.1. The van der Waals surface area contributed by atoms with Gasteiger partial charge in [0.05, 0.1) is 23.0 Å². The summed E-state index contributed by atoms with van der Waals surface area (Å²) in [6, 6.07) is 17.9. The molecule has 0 saturated carbocycles. The van der Waals surface area contributed by atoms with Crippen LogP contribution in [0.15, 0.2) is 102 Å². The highest BCUT2D eigenvalue weighted by Crippen LogP contribution is 2.37. The number of fused-ring (bicyclic) bond motifs is 1. The van der Waals surface area contributed by atoms with Crippen LogP contribution in [-0.2, 0) is 6.42 Å². The number of ketones is 1. The molecule has 10 heteroatoms. The Hall–Kier alpha value is -5.51. The minimum Gasteiger partial charge on any atom is -0.454 e. The van der Waals surface area contributed by atoms with Crippen LogP contribution in [0.4, 0.5) is 8.78 Å². The van der Waals surface area contributed by atoms with Crippen molar-refractivity contribution in [1.29, 1.82) is 0 Å². The Kier molecular flexibility index (Phi) is 6.41. The number of ether oxygens (including phenoxy) is 1. The van der Waals surface area contributed by atoms with Crippen molar-refractivity contribution < 1.29 is 18.3 Å². The van der Waals surface area contributed by atoms with Crippen LogP contribution >= 0.6 is 0 Å². The molecule has 0 aliphatic rings. The molecule has 6 rings (SSSR count). The van der Waals surface area contributed by atoms with Gasteiger partial charge in [0.2, 0.25) is 0 Å². The van der Waals surface area contributed by atoms with E-state index in [0.717, 1.165) is 21.1 Å². The topological polar surface area (TPSA) is 103 Å². The molecule has 1 N–H and O–H groups in total. The Morgan fingerprint density at radius 3 is 2.48 bits per heavy atom. The third-order valence-corrected chi connectivity index (χ3v) is 6.33. The molecule has 3 aromatic carbocycles. The number of pyridine rings is 1. The molecule has 3 heterocycles. The van der Waals surface area contributed by atoms with Gasteiger partial charge in [0, 0.05) is 36.0 Å². The Balaban J connectivity index is 1.26. The number of nitrogens with one attached hydrogen (secondary N) is 1. The quantitative estimate of drug-likeness (QED) is 0.265. The van der Waals surface area contributed by atoms with E-state index in [1.807, 2.05) is 18.2 Å². The van der Waals surface area contributed by atoms with Crippen molar-refractivity contribution >= 4 is 16.7 Å². The van der Waals surface area contributed by atoms with E-state index < -0.39 is 23.0 Å². The summed E-state index contributed by atoms with van der Waals surface area (Å²) in [5.74, 6) is -1.26. The monoisotopic (exact) mass is 535 g/mol. The first-order valence-corrected chi connectivity index (χ1v) is 12.2. The van der Waals surface area contributed by atoms with Gasteiger partial charge < -0.3 is 4.74 Å². The van der Waals surface area contributed by atoms with Crippen LogP contribution in [0.2, 0.25) is 0 Å². The third-order valence-electron chi connectivity index (χ3n) is 6.33. The number of hydrogen-bond donors (Lipinski definition) is 1. The third kappa shape index (κ3) is 4.85. The zero-order chi connectivity index (χ0) is 27.6. The van der Waals surface area contributed by atoms with Gasteiger partial charge in [-0.25, -0.2) is 8.78 Å². The molecule has 0 radical (unpaired) electrons. The maximum Gasteiger partial charge on any atom is 0.282 e. The molecule has 0 unspecified atom stereocenters. The first-order chi connectivity index (χ1) is 19.5. The number of carbonyl (C=O) groups excluding carboxylic acids is 1. The molecule has 40 heavy (non-hydrogen) atoms. The van der Waals surface area contributed by atoms with E-state index in [9.17, 15) is 14.0 Å². The van der Waals surface area contributed by atoms with Gasteiger partial charge >= 0.3 is 0 Å². The fourth-order valence-corrected chi connectivity index (χ4v) is 4.34. The zero-order valence-corrected chi connectivity index (χ0v) is 20.7. The molecule has 196 valence electrons. The highest BCUT2D eigenvalue weighted by molar-refractivity contribution is 5.97. The molecule has 0 amide bonds. The second kappa shape index (κ2) is 10.3. The zero-order valence-electron chi connectivity index (χ0n) is 20.7. The van der Waals surface area contributed by atoms with Crippen LogP contribution in [0.5, 0.6) is 11.5 Å². The smallest absolute Gasteiger partial charge is 0.282 e. The van der Waals surface area contributed by atoms with Crippen molar-refractivity contribution in [3.63, 3.8) is 0 Å². The van der Waals surface area contributed by atoms with Crippen LogP contribution in [-0.4, -0.2) is 30.7 Å². The summed E-state index contributed by atoms with van der Waals surface area (Å²) >= 11 is 0. The lowest BCUT2D eigenvalue weighted by Crippen LogP contribution is -2.27. The van der Waals surface area contributed by atoms with E-state index in [4.69, 9.17) is 4.74 Å². The average Bonchev–Trinajstić information content (AvgIpc) is 3.43. The molecule has 0 atom stereocenters. The van der Waals surface area contributed by atoms with E-state index in [1.165, 1.54) is 48.7 Å². The van der Waals surface area contributed by atoms with Crippen LogP contribution < -0.4 is 10.3 Å². The van der Waals surface area contributed by atoms with Crippen LogP contribution in [0.3, 0.4) is 0 Å². The van der Waals surface area contributed by atoms with Gasteiger partial charge in [-0.3, -0.25) is 19.7 Å². The predicted molar refractivity (Wildman–Crippen MR) is 144 cm³/mol. The largest absolute Gasteiger partial charge is 0.454 e. The lowest BCUT2D eigenvalue weighted by atomic mass is 10.0. The molecule has 8 nitrogen and oxygen atoms in total. The standard InChI is InChI=1S/C30H19F2N5O3/c31-21-2-4-22(5-3-21)37-30(39)23(9-12-35-37)27(38)14-18-1-6-28(25(32)13-18)40-29-15-20-17-34-36-26(20)16-24(29)19-7-10-33-11-8-19/h1-13,15-17H,14H2,(H,34,36). The number of Topliss-reactive ketones (excluding diaryl/α,β-unsaturated/α-hetero) is 1. The molecule has 0 spiro atoms. The van der Waals surface area contributed by atoms with Gasteiger partial charge in [0.25, 0.3) is 5.56 Å². The Morgan fingerprint density at radius 2 is 1.70 bits per heavy atom. The van der Waals surface area contributed by atoms with Crippen LogP contribution in [0.25, 0.3) is 27.7 Å². The van der Waals surface area contributed by atoms with Gasteiger partial charge in [-0.1, -0.05) is 6.07 Å². The van der Waals surface area contributed by atoms with Crippen molar-refractivity contribution in [3.8, 4) is 28.3 Å². The number of benzene rings is 3. The van der Waals surface area contributed by atoms with Gasteiger partial charge in [0.1, 0.15) is 11.6 Å². The number of halogens is 2. The lowest BCUT2D eigenvalue weighted by Gasteiger charge is -2.13. The second-order valence-electron chi connectivity index (χ2n) is 8.95. The number of nitrogens with zero attached hydrogens (tertiary/aromatic N) is 4. The van der Waals surface area contributed by atoms with E-state index in [-0.39, 0.29) is 17.7 Å². The number of aromatic amines is 1. The van der Waals surface area contributed by atoms with Crippen molar-refractivity contribution in [2.75, 3.05) is 0 Å². The van der Waals surface area contributed by atoms with Crippen molar-refractivity contribution in [3.05, 3.63) is 131 Å². The van der Waals surface area contributed by atoms with E-state index in [2.05, 4.69) is 20.3 Å². The summed E-state index contributed by atoms with van der Waals surface area (Å²) < 4.78 is 35.5. The summed E-state index contributed by atoms with van der Waals surface area (Å²) in [6.45, 7) is 0. The molecule has 0 aliphatic carbocycles. The van der Waals surface area contributed by atoms with Gasteiger partial charge in [-0.2, -0.15) is 14.9 Å². The van der Waals surface area contributed by atoms with E-state index in [1.54, 1.807) is 30.7 Å². The predicted octanol–water partition coefficient (Wildman–Crippen LogP) is 5.67. The molecular formula is C30H19F2N5O3. The first-order valence-electron chi connectivity index (χ1n) is 12.2. The Labute approximate surface area is 225 Å². The molecule has 0 saturated heterocycles. The number of H-pyrrole nitrogens is 1. The van der Waals surface area contributed by atoms with Gasteiger partial charge in [-0.05, 0) is 77.9 Å². The molecule has 0 bridgehead atoms. The number of carbonyl (C=O) groups is 1. The number of rotatable bonds is 7. The molecule has 0 aliphatic heterocycles. The summed E-state index contributed by atoms with van der Waals surface area (Å²) in [5.41, 5.74) is 2.24. The maximum absolute atomic E-state index is 15.2. The maximum atomic E-state index is 15.2. The molecule has 3 aromatic heterocycles. The highest BCUT2D eigenvalue weighted by Gasteiger charge is 2.17. The minimum absolute atomic E-state index is 0.0306. The van der Waals surface area contributed by atoms with Gasteiger partial charge in [-0.15, -0.1) is 0 Å². The molecular weight excluding hydrogens is 516 g/mol. The lowest BCUT2D eigenvalue weighted by molar-refractivity contribution is 0.0991. The fraction of sp³-hybridized carbons (Fsp3) is 0.0333. The summed E-state index contributed by atoms with van der Waals surface area (Å²) in [7, 11) is 0. The number of hydrogen-bond acceptors (Lipinski definition) is 6. The Morgan fingerprint density at radius 1 is 0.900 bits per heavy atom. The van der Waals surface area contributed by atoms with Gasteiger partial charge in [0.15, 0.2) is 17.3 Å². The summed E-state index contributed by atoms with van der Waals surface area (Å²) in [5, 5.41) is 11.7. The normalized spacial score (nSPS) is 11.1. The van der Waals surface area contributed by atoms with Crippen molar-refractivity contribution in [1.82, 2.24) is 25.0 Å². The summed E-state index contributed by atoms with van der Waals surface area (Å²) in [6.07, 6.45) is 6.04. The second-order valence-corrected chi connectivity index (χ2v) is 8.95. The average molecular weight is 536 g/mol. The fourth-order valence-electron chi connectivity index (χ4n) is 4.34. The van der Waals surface area contributed by atoms with Crippen molar-refractivity contribution in [2.45, 2.75) is 6.42 Å². The van der Waals surface area contributed by atoms with Crippen LogP contribution in [0, 0.1) is 11.6 Å². The first kappa shape index (κ1) is 24.8. The van der Waals surface area contributed by atoms with Crippen LogP contribution in [0.1, 0.15) is 15.9 Å². The number of aromatic nitrogens is 5. The van der Waals surface area contributed by atoms with E-state index >= 15 is 4.39 Å². The SMILES string of the molecule is O=C(Cc1ccc(Oc2cc3cn[nH]c3cc2-c2ccncc2)c(F)c1)c1ccnn(-c2ccc(F)cc2)c1=O. The van der Waals surface area contributed by atoms with Crippen molar-refractivity contribution in [2.24, 2.45) is 0 Å². The van der Waals surface area contributed by atoms with E-state index in [0.29, 0.717) is 22.6 Å².